The summed E-state index contributed by atoms with van der Waals surface area (Å²) < 4.78 is 32.0. The molecule has 0 aliphatic carbocycles. The van der Waals surface area contributed by atoms with Gasteiger partial charge in [-0.1, -0.05) is 58.8 Å². The number of aromatic hydroxyl groups is 2. The molecule has 0 radical (unpaired) electrons. The summed E-state index contributed by atoms with van der Waals surface area (Å²) in [6.07, 6.45) is 4.24. The highest BCUT2D eigenvalue weighted by molar-refractivity contribution is 7.11. The number of ether oxygens (including phenoxy) is 1. The van der Waals surface area contributed by atoms with Crippen molar-refractivity contribution in [1.29, 1.82) is 0 Å². The van der Waals surface area contributed by atoms with Crippen LogP contribution in [0.5, 0.6) is 16.7 Å². The number of benzene rings is 4. The standard InChI is InChI=1S/C21H18ClFN4OS.C19H13ClFN3O2S/c1-24-6-5-21-27-19(11-29-21)12-2-3-13-16(4-7-25-17(13)8-12)26-18-10-20(28)15(23)9-14(18)22;1-26-19-24-17(9-27-19)10-2-3-11-14(4-5-22-15(11)6-10)23-16-8-18(25)13(21)7-12(16)20/h2-4,7-11,24,28H,5-6H2,1H3,(H,25,26);2-9,25H,1H3,(H,22,23). The fourth-order valence-corrected chi connectivity index (χ4v) is 7.51. The SMILES string of the molecule is CNCCc1nc(-c2ccc3c(Nc4cc(O)c(F)cc4Cl)ccnc3c2)cs1.COc1nc(-c2ccc3c(Nc4cc(O)c(F)cc4Cl)ccnc3c2)cs1. The maximum Gasteiger partial charge on any atom is 0.273 e. The lowest BCUT2D eigenvalue weighted by atomic mass is 10.1. The van der Waals surface area contributed by atoms with E-state index in [0.717, 1.165) is 85.8 Å². The minimum Gasteiger partial charge on any atom is -0.505 e. The Hall–Kier alpha value is -5.64. The summed E-state index contributed by atoms with van der Waals surface area (Å²) in [6, 6.07) is 20.0. The average molecular weight is 831 g/mol. The molecule has 0 amide bonds. The van der Waals surface area contributed by atoms with Gasteiger partial charge >= 0.3 is 0 Å². The summed E-state index contributed by atoms with van der Waals surface area (Å²) in [5.41, 5.74) is 7.49. The molecule has 10 nitrogen and oxygen atoms in total. The van der Waals surface area contributed by atoms with E-state index in [1.807, 2.05) is 48.8 Å². The number of anilines is 4. The number of hydrogen-bond donors (Lipinski definition) is 5. The van der Waals surface area contributed by atoms with Crippen LogP contribution in [0.2, 0.25) is 10.0 Å². The average Bonchev–Trinajstić information content (AvgIpc) is 3.89. The van der Waals surface area contributed by atoms with Gasteiger partial charge in [0.1, 0.15) is 0 Å². The first-order valence-corrected chi connectivity index (χ1v) is 19.4. The lowest BCUT2D eigenvalue weighted by molar-refractivity contribution is 0.412. The van der Waals surface area contributed by atoms with Crippen LogP contribution in [0.3, 0.4) is 0 Å². The highest BCUT2D eigenvalue weighted by Crippen LogP contribution is 2.37. The second-order valence-electron chi connectivity index (χ2n) is 12.2. The Morgan fingerprint density at radius 1 is 0.679 bits per heavy atom. The normalized spacial score (nSPS) is 11.0. The molecule has 8 rings (SSSR count). The zero-order valence-electron chi connectivity index (χ0n) is 29.6. The van der Waals surface area contributed by atoms with Gasteiger partial charge in [0.25, 0.3) is 5.19 Å². The van der Waals surface area contributed by atoms with E-state index in [2.05, 4.69) is 36.3 Å². The minimum atomic E-state index is -0.770. The first kappa shape index (κ1) is 38.6. The minimum absolute atomic E-state index is 0.168. The molecule has 0 bridgehead atoms. The number of pyridine rings is 2. The van der Waals surface area contributed by atoms with Crippen molar-refractivity contribution in [3.05, 3.63) is 123 Å². The summed E-state index contributed by atoms with van der Waals surface area (Å²) in [5, 5.41) is 36.4. The predicted octanol–water partition coefficient (Wildman–Crippen LogP) is 11.0. The monoisotopic (exact) mass is 829 g/mol. The van der Waals surface area contributed by atoms with Crippen molar-refractivity contribution < 1.29 is 23.7 Å². The summed E-state index contributed by atoms with van der Waals surface area (Å²) in [6.45, 7) is 0.892. The molecule has 4 heterocycles. The molecule has 8 aromatic rings. The highest BCUT2D eigenvalue weighted by Gasteiger charge is 2.14. The number of nitrogens with zero attached hydrogens (tertiary/aromatic N) is 4. The Morgan fingerprint density at radius 2 is 1.20 bits per heavy atom. The number of nitrogens with one attached hydrogen (secondary N) is 3. The molecule has 0 aliphatic heterocycles. The molecule has 4 aromatic carbocycles. The van der Waals surface area contributed by atoms with Gasteiger partial charge in [0.15, 0.2) is 23.1 Å². The molecule has 16 heteroatoms. The Bertz CT molecular complexity index is 2700. The molecule has 0 unspecified atom stereocenters. The number of halogens is 4. The number of aromatic nitrogens is 4. The van der Waals surface area contributed by atoms with Crippen LogP contribution in [0, 0.1) is 11.6 Å². The molecule has 284 valence electrons. The van der Waals surface area contributed by atoms with Gasteiger partial charge < -0.3 is 30.9 Å². The van der Waals surface area contributed by atoms with Gasteiger partial charge in [-0.3, -0.25) is 9.97 Å². The Kier molecular flexibility index (Phi) is 11.7. The van der Waals surface area contributed by atoms with E-state index in [4.69, 9.17) is 32.9 Å². The van der Waals surface area contributed by atoms with E-state index in [-0.39, 0.29) is 10.0 Å². The number of phenols is 2. The van der Waals surface area contributed by atoms with Crippen molar-refractivity contribution in [3.8, 4) is 39.2 Å². The van der Waals surface area contributed by atoms with Gasteiger partial charge in [-0.15, -0.1) is 11.3 Å². The predicted molar refractivity (Wildman–Crippen MR) is 223 cm³/mol. The summed E-state index contributed by atoms with van der Waals surface area (Å²) >= 11 is 15.3. The summed E-state index contributed by atoms with van der Waals surface area (Å²) in [7, 11) is 3.51. The van der Waals surface area contributed by atoms with Gasteiger partial charge in [0.2, 0.25) is 0 Å². The molecule has 0 saturated heterocycles. The van der Waals surface area contributed by atoms with Gasteiger partial charge in [-0.25, -0.2) is 18.7 Å². The van der Waals surface area contributed by atoms with E-state index in [0.29, 0.717) is 16.6 Å². The number of rotatable bonds is 10. The second kappa shape index (κ2) is 17.0. The highest BCUT2D eigenvalue weighted by atomic mass is 35.5. The van der Waals surface area contributed by atoms with Crippen molar-refractivity contribution in [1.82, 2.24) is 25.3 Å². The van der Waals surface area contributed by atoms with Crippen molar-refractivity contribution >= 4 is 90.4 Å². The smallest absolute Gasteiger partial charge is 0.273 e. The third-order valence-electron chi connectivity index (χ3n) is 8.49. The fourth-order valence-electron chi connectivity index (χ4n) is 5.66. The maximum absolute atomic E-state index is 13.4. The van der Waals surface area contributed by atoms with E-state index >= 15 is 0 Å². The summed E-state index contributed by atoms with van der Waals surface area (Å²) in [4.78, 5) is 18.0. The number of likely N-dealkylation sites (N-methyl/N-ethyl adjacent to an activating group) is 1. The van der Waals surface area contributed by atoms with Gasteiger partial charge in [0, 0.05) is 81.5 Å². The van der Waals surface area contributed by atoms with Gasteiger partial charge in [-0.05, 0) is 43.4 Å². The van der Waals surface area contributed by atoms with Crippen LogP contribution in [-0.2, 0) is 6.42 Å². The quantitative estimate of drug-likeness (QED) is 0.0906. The van der Waals surface area contributed by atoms with Crippen LogP contribution in [0.25, 0.3) is 44.3 Å². The molecule has 5 N–H and O–H groups in total. The topological polar surface area (TPSA) is 137 Å². The molecule has 0 aliphatic rings. The van der Waals surface area contributed by atoms with E-state index in [1.54, 1.807) is 43.0 Å². The molecule has 4 aromatic heterocycles. The van der Waals surface area contributed by atoms with Crippen LogP contribution < -0.4 is 20.7 Å². The van der Waals surface area contributed by atoms with Crippen molar-refractivity contribution in [2.45, 2.75) is 6.42 Å². The van der Waals surface area contributed by atoms with Crippen LogP contribution in [-0.4, -0.2) is 50.9 Å². The van der Waals surface area contributed by atoms with Crippen LogP contribution in [0.1, 0.15) is 5.01 Å². The molecule has 0 saturated carbocycles. The van der Waals surface area contributed by atoms with Crippen molar-refractivity contribution in [2.75, 3.05) is 31.3 Å². The number of hydrogen-bond acceptors (Lipinski definition) is 12. The molecule has 0 fully saturated rings. The lowest BCUT2D eigenvalue weighted by Crippen LogP contribution is -2.09. The zero-order chi connectivity index (χ0) is 39.3. The van der Waals surface area contributed by atoms with Gasteiger partial charge in [-0.2, -0.15) is 0 Å². The number of phenolic OH excluding ortho intramolecular Hbond substituents is 2. The van der Waals surface area contributed by atoms with Crippen LogP contribution >= 0.6 is 45.9 Å². The number of thiazole rings is 2. The first-order chi connectivity index (χ1) is 27.1. The van der Waals surface area contributed by atoms with Crippen LogP contribution in [0.15, 0.2) is 96.0 Å². The van der Waals surface area contributed by atoms with Crippen molar-refractivity contribution in [2.24, 2.45) is 0 Å². The lowest BCUT2D eigenvalue weighted by Gasteiger charge is -2.12. The largest absolute Gasteiger partial charge is 0.505 e. The molecule has 56 heavy (non-hydrogen) atoms. The molecule has 0 spiro atoms. The maximum atomic E-state index is 13.4. The van der Waals surface area contributed by atoms with E-state index in [9.17, 15) is 19.0 Å². The Balaban J connectivity index is 0.000000172. The molecular weight excluding hydrogens is 800 g/mol. The van der Waals surface area contributed by atoms with Crippen molar-refractivity contribution in [3.63, 3.8) is 0 Å². The fraction of sp³-hybridized carbons (Fsp3) is 0.100. The number of fused-ring (bicyclic) bond motifs is 2. The third kappa shape index (κ3) is 8.59. The van der Waals surface area contributed by atoms with Gasteiger partial charge in [0.05, 0.1) is 56.0 Å². The molecule has 0 atom stereocenters. The van der Waals surface area contributed by atoms with Crippen LogP contribution in [0.4, 0.5) is 31.5 Å². The Labute approximate surface area is 337 Å². The van der Waals surface area contributed by atoms with E-state index < -0.39 is 23.1 Å². The zero-order valence-corrected chi connectivity index (χ0v) is 32.7. The second-order valence-corrected chi connectivity index (χ2v) is 14.8. The van der Waals surface area contributed by atoms with E-state index in [1.165, 1.54) is 23.5 Å². The number of methoxy groups -OCH3 is 1. The summed E-state index contributed by atoms with van der Waals surface area (Å²) in [5.74, 6) is -2.47. The molecular formula is C40H31Cl2F2N7O3S2. The third-order valence-corrected chi connectivity index (χ3v) is 10.8. The first-order valence-electron chi connectivity index (χ1n) is 16.9. The Morgan fingerprint density at radius 3 is 1.70 bits per heavy atom.